The summed E-state index contributed by atoms with van der Waals surface area (Å²) in [5.41, 5.74) is 8.87. The SMILES string of the molecule is COc1ccc(CNC(=O)[C@@H](NC(=O)[C@H](NCc2cccc3ccccc23)[C@H](O)[C@@H](N)Cc2ccccc2)C(C)C)c(O)c1. The fourth-order valence-corrected chi connectivity index (χ4v) is 5.18. The third-order valence-electron chi connectivity index (χ3n) is 7.76. The molecule has 0 fully saturated rings. The highest BCUT2D eigenvalue weighted by atomic mass is 16.5. The van der Waals surface area contributed by atoms with Crippen LogP contribution < -0.4 is 26.4 Å². The maximum Gasteiger partial charge on any atom is 0.243 e. The Labute approximate surface area is 258 Å². The number of aliphatic hydroxyl groups excluding tert-OH is 1. The molecule has 0 bridgehead atoms. The molecule has 44 heavy (non-hydrogen) atoms. The molecule has 0 spiro atoms. The number of aromatic hydroxyl groups is 1. The van der Waals surface area contributed by atoms with Crippen molar-refractivity contribution in [1.29, 1.82) is 0 Å². The zero-order valence-corrected chi connectivity index (χ0v) is 25.4. The quantitative estimate of drug-likeness (QED) is 0.130. The van der Waals surface area contributed by atoms with E-state index in [2.05, 4.69) is 16.0 Å². The van der Waals surface area contributed by atoms with Crippen molar-refractivity contribution in [2.75, 3.05) is 7.11 Å². The summed E-state index contributed by atoms with van der Waals surface area (Å²) in [6.45, 7) is 4.00. The van der Waals surface area contributed by atoms with E-state index in [4.69, 9.17) is 10.5 Å². The van der Waals surface area contributed by atoms with E-state index in [1.54, 1.807) is 12.1 Å². The molecule has 232 valence electrons. The molecule has 7 N–H and O–H groups in total. The van der Waals surface area contributed by atoms with Gasteiger partial charge in [0.2, 0.25) is 11.8 Å². The first-order valence-corrected chi connectivity index (χ1v) is 14.8. The van der Waals surface area contributed by atoms with Gasteiger partial charge in [0, 0.05) is 30.8 Å². The minimum absolute atomic E-state index is 0.0111. The summed E-state index contributed by atoms with van der Waals surface area (Å²) < 4.78 is 5.12. The Morgan fingerprint density at radius 3 is 2.25 bits per heavy atom. The van der Waals surface area contributed by atoms with Crippen molar-refractivity contribution in [3.63, 3.8) is 0 Å². The zero-order valence-electron chi connectivity index (χ0n) is 25.4. The maximum atomic E-state index is 13.8. The van der Waals surface area contributed by atoms with Gasteiger partial charge in [0.15, 0.2) is 0 Å². The number of amides is 2. The molecule has 9 heteroatoms. The van der Waals surface area contributed by atoms with Crippen LogP contribution in [0.3, 0.4) is 0 Å². The normalized spacial score (nSPS) is 14.0. The van der Waals surface area contributed by atoms with Gasteiger partial charge in [-0.25, -0.2) is 0 Å². The molecule has 4 aromatic rings. The smallest absolute Gasteiger partial charge is 0.243 e. The zero-order chi connectivity index (χ0) is 31.6. The van der Waals surface area contributed by atoms with Crippen LogP contribution in [0.25, 0.3) is 10.8 Å². The van der Waals surface area contributed by atoms with Crippen molar-refractivity contribution in [2.45, 2.75) is 57.6 Å². The van der Waals surface area contributed by atoms with Gasteiger partial charge >= 0.3 is 0 Å². The molecule has 2 amide bonds. The van der Waals surface area contributed by atoms with Crippen LogP contribution in [-0.2, 0) is 29.1 Å². The number of methoxy groups -OCH3 is 1. The number of hydrogen-bond acceptors (Lipinski definition) is 7. The maximum absolute atomic E-state index is 13.8. The lowest BCUT2D eigenvalue weighted by Gasteiger charge is -2.30. The van der Waals surface area contributed by atoms with Gasteiger partial charge in [-0.3, -0.25) is 14.9 Å². The van der Waals surface area contributed by atoms with E-state index in [9.17, 15) is 19.8 Å². The Morgan fingerprint density at radius 1 is 0.841 bits per heavy atom. The lowest BCUT2D eigenvalue weighted by atomic mass is 9.95. The van der Waals surface area contributed by atoms with Crippen molar-refractivity contribution in [1.82, 2.24) is 16.0 Å². The van der Waals surface area contributed by atoms with E-state index in [-0.39, 0.29) is 18.2 Å². The molecular formula is C35H42N4O5. The Bertz CT molecular complexity index is 1540. The van der Waals surface area contributed by atoms with Crippen LogP contribution in [-0.4, -0.2) is 53.4 Å². The van der Waals surface area contributed by atoms with Gasteiger partial charge in [-0.1, -0.05) is 86.6 Å². The van der Waals surface area contributed by atoms with Gasteiger partial charge in [0.1, 0.15) is 23.6 Å². The predicted octanol–water partition coefficient (Wildman–Crippen LogP) is 3.40. The van der Waals surface area contributed by atoms with Gasteiger partial charge in [-0.15, -0.1) is 0 Å². The summed E-state index contributed by atoms with van der Waals surface area (Å²) >= 11 is 0. The van der Waals surface area contributed by atoms with Gasteiger partial charge in [0.05, 0.1) is 13.2 Å². The second kappa shape index (κ2) is 15.3. The number of aliphatic hydroxyl groups is 1. The molecule has 4 atom stereocenters. The number of rotatable bonds is 14. The number of nitrogens with one attached hydrogen (secondary N) is 3. The van der Waals surface area contributed by atoms with Gasteiger partial charge in [-0.2, -0.15) is 0 Å². The lowest BCUT2D eigenvalue weighted by Crippen LogP contribution is -2.60. The van der Waals surface area contributed by atoms with Crippen LogP contribution in [0, 0.1) is 5.92 Å². The molecule has 0 aromatic heterocycles. The third kappa shape index (κ3) is 8.35. The second-order valence-corrected chi connectivity index (χ2v) is 11.3. The molecule has 0 radical (unpaired) electrons. The van der Waals surface area contributed by atoms with Crippen molar-refractivity contribution in [2.24, 2.45) is 11.7 Å². The molecule has 0 aliphatic rings. The van der Waals surface area contributed by atoms with E-state index in [0.717, 1.165) is 21.9 Å². The average Bonchev–Trinajstić information content (AvgIpc) is 3.03. The summed E-state index contributed by atoms with van der Waals surface area (Å²) in [6, 6.07) is 25.5. The van der Waals surface area contributed by atoms with Gasteiger partial charge in [-0.05, 0) is 46.4 Å². The number of carbonyl (C=O) groups is 2. The topological polar surface area (TPSA) is 146 Å². The first kappa shape index (κ1) is 32.5. The number of phenolic OH excluding ortho intramolecular Hbond substituents is 1. The molecule has 0 unspecified atom stereocenters. The molecule has 0 aliphatic heterocycles. The molecule has 0 saturated heterocycles. The summed E-state index contributed by atoms with van der Waals surface area (Å²) in [6.07, 6.45) is -0.890. The van der Waals surface area contributed by atoms with Crippen LogP contribution in [0.5, 0.6) is 11.5 Å². The number of phenols is 1. The number of fused-ring (bicyclic) bond motifs is 1. The molecule has 0 heterocycles. The van der Waals surface area contributed by atoms with Crippen molar-refractivity contribution < 1.29 is 24.5 Å². The van der Waals surface area contributed by atoms with E-state index >= 15 is 0 Å². The minimum Gasteiger partial charge on any atom is -0.507 e. The van der Waals surface area contributed by atoms with Gasteiger partial charge < -0.3 is 31.3 Å². The Hall–Kier alpha value is -4.44. The Balaban J connectivity index is 1.51. The van der Waals surface area contributed by atoms with Gasteiger partial charge in [0.25, 0.3) is 0 Å². The largest absolute Gasteiger partial charge is 0.507 e. The van der Waals surface area contributed by atoms with Crippen LogP contribution in [0.2, 0.25) is 0 Å². The second-order valence-electron chi connectivity index (χ2n) is 11.3. The summed E-state index contributed by atoms with van der Waals surface area (Å²) in [7, 11) is 1.50. The molecule has 4 rings (SSSR count). The predicted molar refractivity (Wildman–Crippen MR) is 172 cm³/mol. The van der Waals surface area contributed by atoms with E-state index in [0.29, 0.717) is 24.3 Å². The first-order chi connectivity index (χ1) is 21.2. The van der Waals surface area contributed by atoms with Crippen molar-refractivity contribution in [3.05, 3.63) is 108 Å². The first-order valence-electron chi connectivity index (χ1n) is 14.8. The van der Waals surface area contributed by atoms with Crippen molar-refractivity contribution >= 4 is 22.6 Å². The fourth-order valence-electron chi connectivity index (χ4n) is 5.18. The Morgan fingerprint density at radius 2 is 1.55 bits per heavy atom. The molecule has 0 saturated carbocycles. The highest BCUT2D eigenvalue weighted by molar-refractivity contribution is 5.90. The Kier molecular flexibility index (Phi) is 11.3. The fraction of sp³-hybridized carbons (Fsp3) is 0.314. The number of carbonyl (C=O) groups excluding carboxylic acids is 2. The monoisotopic (exact) mass is 598 g/mol. The summed E-state index contributed by atoms with van der Waals surface area (Å²) in [5.74, 6) is -0.738. The number of hydrogen-bond donors (Lipinski definition) is 6. The lowest BCUT2D eigenvalue weighted by molar-refractivity contribution is -0.133. The van der Waals surface area contributed by atoms with Crippen LogP contribution in [0.15, 0.2) is 91.0 Å². The van der Waals surface area contributed by atoms with Crippen LogP contribution in [0.4, 0.5) is 0 Å². The molecule has 0 aliphatic carbocycles. The number of ether oxygens (including phenoxy) is 1. The highest BCUT2D eigenvalue weighted by Crippen LogP contribution is 2.23. The number of benzene rings is 4. The third-order valence-corrected chi connectivity index (χ3v) is 7.76. The summed E-state index contributed by atoms with van der Waals surface area (Å²) in [5, 5.41) is 32.7. The highest BCUT2D eigenvalue weighted by Gasteiger charge is 2.34. The molecule has 4 aromatic carbocycles. The van der Waals surface area contributed by atoms with Crippen LogP contribution >= 0.6 is 0 Å². The van der Waals surface area contributed by atoms with Crippen molar-refractivity contribution in [3.8, 4) is 11.5 Å². The standard InChI is InChI=1S/C35H42N4O5/c1-22(2)31(34(42)38-21-26-16-17-27(44-3)19-30(26)40)39-35(43)32(33(41)29(36)18-23-10-5-4-6-11-23)37-20-25-14-9-13-24-12-7-8-15-28(24)25/h4-17,19,22,29,31-33,37,40-41H,18,20-21,36H2,1-3H3,(H,38,42)(H,39,43)/t29-,31-,32+,33+/m0/s1. The van der Waals surface area contributed by atoms with E-state index in [1.807, 2.05) is 86.6 Å². The minimum atomic E-state index is -1.25. The molecule has 9 nitrogen and oxygen atoms in total. The van der Waals surface area contributed by atoms with Crippen LogP contribution in [0.1, 0.15) is 30.5 Å². The van der Waals surface area contributed by atoms with E-state index in [1.165, 1.54) is 13.2 Å². The molecular weight excluding hydrogens is 556 g/mol. The average molecular weight is 599 g/mol. The summed E-state index contributed by atoms with van der Waals surface area (Å²) in [4.78, 5) is 27.1. The van der Waals surface area contributed by atoms with E-state index < -0.39 is 36.0 Å². The number of nitrogens with two attached hydrogens (primary N) is 1.